The molecule has 0 spiro atoms. The van der Waals surface area contributed by atoms with E-state index >= 15 is 0 Å². The monoisotopic (exact) mass is 305 g/mol. The van der Waals surface area contributed by atoms with E-state index in [2.05, 4.69) is 25.7 Å². The summed E-state index contributed by atoms with van der Waals surface area (Å²) in [4.78, 5) is 14.1. The van der Waals surface area contributed by atoms with Crippen LogP contribution in [0, 0.1) is 0 Å². The molecule has 0 atom stereocenters. The predicted octanol–water partition coefficient (Wildman–Crippen LogP) is 1.77. The lowest BCUT2D eigenvalue weighted by atomic mass is 9.96. The normalized spacial score (nSPS) is 19.7. The summed E-state index contributed by atoms with van der Waals surface area (Å²) >= 11 is 0. The van der Waals surface area contributed by atoms with E-state index in [1.807, 2.05) is 6.07 Å². The zero-order chi connectivity index (χ0) is 15.2. The number of ether oxygens (including phenoxy) is 1. The molecule has 0 unspecified atom stereocenters. The molecule has 0 radical (unpaired) electrons. The summed E-state index contributed by atoms with van der Waals surface area (Å²) in [5.74, 6) is 1.30. The van der Waals surface area contributed by atoms with Gasteiger partial charge in [-0.1, -0.05) is 19.3 Å². The van der Waals surface area contributed by atoms with Crippen molar-refractivity contribution >= 4 is 17.7 Å². The summed E-state index contributed by atoms with van der Waals surface area (Å²) in [6.45, 7) is 3.07. The Kier molecular flexibility index (Phi) is 5.05. The first-order valence-corrected chi connectivity index (χ1v) is 8.05. The van der Waals surface area contributed by atoms with Gasteiger partial charge in [-0.3, -0.25) is 5.32 Å². The van der Waals surface area contributed by atoms with Gasteiger partial charge < -0.3 is 15.0 Å². The number of carbonyl (C=O) groups excluding carboxylic acids is 1. The Bertz CT molecular complexity index is 481. The van der Waals surface area contributed by atoms with Gasteiger partial charge in [0.2, 0.25) is 0 Å². The average Bonchev–Trinajstić information content (AvgIpc) is 2.57. The number of hydrogen-bond acceptors (Lipinski definition) is 5. The summed E-state index contributed by atoms with van der Waals surface area (Å²) in [5.41, 5.74) is 0. The lowest BCUT2D eigenvalue weighted by molar-refractivity contribution is 0.122. The maximum absolute atomic E-state index is 12.0. The van der Waals surface area contributed by atoms with Crippen molar-refractivity contribution in [2.75, 3.05) is 36.5 Å². The third-order valence-electron chi connectivity index (χ3n) is 4.17. The van der Waals surface area contributed by atoms with Gasteiger partial charge in [-0.05, 0) is 25.0 Å². The van der Waals surface area contributed by atoms with Crippen LogP contribution in [0.15, 0.2) is 12.1 Å². The lowest BCUT2D eigenvalue weighted by Crippen LogP contribution is -2.39. The first kappa shape index (κ1) is 15.0. The van der Waals surface area contributed by atoms with Crippen LogP contribution < -0.4 is 15.5 Å². The molecule has 2 aliphatic rings. The second-order valence-electron chi connectivity index (χ2n) is 5.81. The molecule has 22 heavy (non-hydrogen) atoms. The largest absolute Gasteiger partial charge is 0.378 e. The Morgan fingerprint density at radius 1 is 1.14 bits per heavy atom. The van der Waals surface area contributed by atoms with E-state index in [1.54, 1.807) is 6.07 Å². The van der Waals surface area contributed by atoms with E-state index in [0.717, 1.165) is 31.7 Å². The van der Waals surface area contributed by atoms with Gasteiger partial charge in [0, 0.05) is 19.1 Å². The molecule has 3 rings (SSSR count). The van der Waals surface area contributed by atoms with Crippen molar-refractivity contribution in [3.63, 3.8) is 0 Å². The molecule has 2 fully saturated rings. The van der Waals surface area contributed by atoms with Gasteiger partial charge in [0.1, 0.15) is 0 Å². The minimum absolute atomic E-state index is 0.194. The van der Waals surface area contributed by atoms with Gasteiger partial charge in [-0.15, -0.1) is 10.2 Å². The lowest BCUT2D eigenvalue weighted by Gasteiger charge is -2.27. The Balaban J connectivity index is 1.50. The molecular formula is C15H23N5O2. The van der Waals surface area contributed by atoms with Crippen LogP contribution in [0.2, 0.25) is 0 Å². The Morgan fingerprint density at radius 3 is 2.59 bits per heavy atom. The van der Waals surface area contributed by atoms with E-state index in [1.165, 1.54) is 19.3 Å². The van der Waals surface area contributed by atoms with Crippen molar-refractivity contribution < 1.29 is 9.53 Å². The van der Waals surface area contributed by atoms with Crippen LogP contribution in [-0.2, 0) is 4.74 Å². The molecule has 2 heterocycles. The van der Waals surface area contributed by atoms with Gasteiger partial charge in [0.05, 0.1) is 13.2 Å². The van der Waals surface area contributed by atoms with Crippen LogP contribution in [0.4, 0.5) is 16.4 Å². The highest BCUT2D eigenvalue weighted by Crippen LogP contribution is 2.17. The predicted molar refractivity (Wildman–Crippen MR) is 84.1 cm³/mol. The maximum atomic E-state index is 12.0. The van der Waals surface area contributed by atoms with Gasteiger partial charge in [-0.25, -0.2) is 4.79 Å². The van der Waals surface area contributed by atoms with Crippen LogP contribution in [0.3, 0.4) is 0 Å². The Morgan fingerprint density at radius 2 is 1.91 bits per heavy atom. The number of urea groups is 1. The highest BCUT2D eigenvalue weighted by molar-refractivity contribution is 5.88. The number of morpholine rings is 1. The third-order valence-corrected chi connectivity index (χ3v) is 4.17. The molecular weight excluding hydrogens is 282 g/mol. The smallest absolute Gasteiger partial charge is 0.320 e. The summed E-state index contributed by atoms with van der Waals surface area (Å²) in [5, 5.41) is 14.0. The standard InChI is InChI=1S/C15H23N5O2/c21-15(16-12-4-2-1-3-5-12)17-13-6-7-14(19-18-13)20-8-10-22-11-9-20/h6-7,12H,1-5,8-11H2,(H2,16,17,18,21). The van der Waals surface area contributed by atoms with Crippen LogP contribution in [0.25, 0.3) is 0 Å². The molecule has 1 saturated carbocycles. The van der Waals surface area contributed by atoms with Crippen LogP contribution >= 0.6 is 0 Å². The van der Waals surface area contributed by atoms with E-state index in [4.69, 9.17) is 4.74 Å². The Hall–Kier alpha value is -1.89. The number of rotatable bonds is 3. The van der Waals surface area contributed by atoms with E-state index in [-0.39, 0.29) is 12.1 Å². The van der Waals surface area contributed by atoms with Gasteiger partial charge >= 0.3 is 6.03 Å². The maximum Gasteiger partial charge on any atom is 0.320 e. The first-order chi connectivity index (χ1) is 10.8. The molecule has 2 N–H and O–H groups in total. The van der Waals surface area contributed by atoms with E-state index in [9.17, 15) is 4.79 Å². The number of hydrogen-bond donors (Lipinski definition) is 2. The fraction of sp³-hybridized carbons (Fsp3) is 0.667. The quantitative estimate of drug-likeness (QED) is 0.889. The summed E-state index contributed by atoms with van der Waals surface area (Å²) < 4.78 is 5.31. The second kappa shape index (κ2) is 7.40. The molecule has 1 aliphatic heterocycles. The zero-order valence-corrected chi connectivity index (χ0v) is 12.8. The summed E-state index contributed by atoms with van der Waals surface area (Å²) in [6.07, 6.45) is 5.79. The molecule has 120 valence electrons. The molecule has 1 aromatic rings. The van der Waals surface area contributed by atoms with Gasteiger partial charge in [-0.2, -0.15) is 0 Å². The van der Waals surface area contributed by atoms with Crippen molar-refractivity contribution in [1.29, 1.82) is 0 Å². The van der Waals surface area contributed by atoms with Crippen molar-refractivity contribution in [2.45, 2.75) is 38.1 Å². The highest BCUT2D eigenvalue weighted by atomic mass is 16.5. The number of anilines is 2. The van der Waals surface area contributed by atoms with Crippen LogP contribution in [0.5, 0.6) is 0 Å². The molecule has 1 saturated heterocycles. The van der Waals surface area contributed by atoms with Crippen molar-refractivity contribution in [3.8, 4) is 0 Å². The minimum Gasteiger partial charge on any atom is -0.378 e. The number of nitrogens with zero attached hydrogens (tertiary/aromatic N) is 3. The topological polar surface area (TPSA) is 79.4 Å². The molecule has 7 nitrogen and oxygen atoms in total. The van der Waals surface area contributed by atoms with Crippen molar-refractivity contribution in [3.05, 3.63) is 12.1 Å². The van der Waals surface area contributed by atoms with E-state index < -0.39 is 0 Å². The molecule has 0 bridgehead atoms. The van der Waals surface area contributed by atoms with E-state index in [0.29, 0.717) is 19.0 Å². The molecule has 1 aliphatic carbocycles. The third kappa shape index (κ3) is 4.07. The SMILES string of the molecule is O=C(Nc1ccc(N2CCOCC2)nn1)NC1CCCCC1. The molecule has 2 amide bonds. The minimum atomic E-state index is -0.194. The number of nitrogens with one attached hydrogen (secondary N) is 2. The number of carbonyl (C=O) groups is 1. The van der Waals surface area contributed by atoms with Gasteiger partial charge in [0.15, 0.2) is 11.6 Å². The summed E-state index contributed by atoms with van der Waals surface area (Å²) in [6, 6.07) is 3.77. The van der Waals surface area contributed by atoms with Gasteiger partial charge in [0.25, 0.3) is 0 Å². The van der Waals surface area contributed by atoms with Crippen LogP contribution in [0.1, 0.15) is 32.1 Å². The zero-order valence-electron chi connectivity index (χ0n) is 12.8. The average molecular weight is 305 g/mol. The molecule has 0 aromatic carbocycles. The highest BCUT2D eigenvalue weighted by Gasteiger charge is 2.16. The van der Waals surface area contributed by atoms with Crippen molar-refractivity contribution in [2.24, 2.45) is 0 Å². The second-order valence-corrected chi connectivity index (χ2v) is 5.81. The fourth-order valence-corrected chi connectivity index (χ4v) is 2.94. The molecule has 1 aromatic heterocycles. The Labute approximate surface area is 130 Å². The van der Waals surface area contributed by atoms with Crippen molar-refractivity contribution in [1.82, 2.24) is 15.5 Å². The molecule has 7 heteroatoms. The first-order valence-electron chi connectivity index (χ1n) is 8.05. The number of amides is 2. The fourth-order valence-electron chi connectivity index (χ4n) is 2.94. The van der Waals surface area contributed by atoms with Crippen LogP contribution in [-0.4, -0.2) is 48.6 Å². The number of aromatic nitrogens is 2. The summed E-state index contributed by atoms with van der Waals surface area (Å²) in [7, 11) is 0.